The smallest absolute Gasteiger partial charge is 0.241 e. The highest BCUT2D eigenvalue weighted by atomic mass is 35.5. The predicted molar refractivity (Wildman–Crippen MR) is 111 cm³/mol. The minimum absolute atomic E-state index is 0.228. The zero-order valence-corrected chi connectivity index (χ0v) is 17.3. The van der Waals surface area contributed by atoms with Gasteiger partial charge in [-0.1, -0.05) is 59.3 Å². The Morgan fingerprint density at radius 3 is 2.68 bits per heavy atom. The van der Waals surface area contributed by atoms with Gasteiger partial charge in [-0.15, -0.1) is 5.10 Å². The summed E-state index contributed by atoms with van der Waals surface area (Å²) in [5.74, 6) is 0.0920. The van der Waals surface area contributed by atoms with Crippen molar-refractivity contribution in [2.24, 2.45) is 5.10 Å². The van der Waals surface area contributed by atoms with Gasteiger partial charge in [-0.2, -0.15) is 0 Å². The van der Waals surface area contributed by atoms with Crippen LogP contribution in [0.1, 0.15) is 35.9 Å². The van der Waals surface area contributed by atoms with Gasteiger partial charge in [-0.25, -0.2) is 5.01 Å². The van der Waals surface area contributed by atoms with Crippen molar-refractivity contribution < 1.29 is 14.3 Å². The van der Waals surface area contributed by atoms with E-state index in [1.807, 2.05) is 31.2 Å². The first-order valence-electron chi connectivity index (χ1n) is 8.64. The Balaban J connectivity index is 1.74. The third-order valence-electron chi connectivity index (χ3n) is 3.97. The summed E-state index contributed by atoms with van der Waals surface area (Å²) in [5.41, 5.74) is 3.01. The molecule has 2 aromatic rings. The van der Waals surface area contributed by atoms with Crippen molar-refractivity contribution >= 4 is 40.3 Å². The molecule has 0 radical (unpaired) electrons. The molecule has 1 heterocycles. The fraction of sp³-hybridized carbons (Fsp3) is 0.250. The van der Waals surface area contributed by atoms with E-state index in [0.29, 0.717) is 22.5 Å². The number of rotatable bonds is 4. The molecule has 1 atom stereocenters. The molecule has 3 rings (SSSR count). The number of halogens is 1. The number of hydrogen-bond donors (Lipinski definition) is 1. The zero-order valence-electron chi connectivity index (χ0n) is 15.7. The van der Waals surface area contributed by atoms with Gasteiger partial charge < -0.3 is 10.1 Å². The number of aryl methyl sites for hydroxylation is 1. The van der Waals surface area contributed by atoms with Crippen molar-refractivity contribution in [2.75, 3.05) is 0 Å². The largest absolute Gasteiger partial charge is 0.487 e. The van der Waals surface area contributed by atoms with Crippen LogP contribution in [0.2, 0.25) is 5.02 Å². The number of amidine groups is 1. The van der Waals surface area contributed by atoms with E-state index in [2.05, 4.69) is 16.5 Å². The average Bonchev–Trinajstić information content (AvgIpc) is 3.04. The Labute approximate surface area is 172 Å². The molecule has 2 amide bonds. The van der Waals surface area contributed by atoms with Crippen LogP contribution in [0.15, 0.2) is 47.6 Å². The summed E-state index contributed by atoms with van der Waals surface area (Å²) < 4.78 is 5.84. The number of carbonyl (C=O) groups is 2. The average molecular weight is 418 g/mol. The van der Waals surface area contributed by atoms with E-state index in [0.717, 1.165) is 11.1 Å². The van der Waals surface area contributed by atoms with E-state index in [1.165, 1.54) is 36.2 Å². The molecule has 1 aliphatic heterocycles. The van der Waals surface area contributed by atoms with Crippen molar-refractivity contribution in [1.82, 2.24) is 10.3 Å². The van der Waals surface area contributed by atoms with Gasteiger partial charge in [0, 0.05) is 13.8 Å². The molecule has 0 aromatic heterocycles. The lowest BCUT2D eigenvalue weighted by atomic mass is 10.1. The maximum Gasteiger partial charge on any atom is 0.241 e. The van der Waals surface area contributed by atoms with Crippen LogP contribution in [0.25, 0.3) is 0 Å². The number of hydrazone groups is 1. The number of hydrogen-bond acceptors (Lipinski definition) is 5. The lowest BCUT2D eigenvalue weighted by molar-refractivity contribution is -0.129. The van der Waals surface area contributed by atoms with E-state index in [1.54, 1.807) is 12.1 Å². The molecular formula is C20H20ClN3O3S. The first-order valence-corrected chi connectivity index (χ1v) is 9.89. The Hall–Kier alpha value is -2.51. The molecule has 0 spiro atoms. The van der Waals surface area contributed by atoms with Gasteiger partial charge in [-0.05, 0) is 30.2 Å². The SMILES string of the molecule is CC(=O)NC1=NN(C(C)=O)C(c2ccc(OCc3cccc(C)c3)c(Cl)c2)S1. The molecule has 0 fully saturated rings. The van der Waals surface area contributed by atoms with Gasteiger partial charge in [0.2, 0.25) is 11.8 Å². The van der Waals surface area contributed by atoms with Crippen LogP contribution in [0, 0.1) is 6.92 Å². The van der Waals surface area contributed by atoms with Crippen LogP contribution < -0.4 is 10.1 Å². The molecule has 8 heteroatoms. The van der Waals surface area contributed by atoms with Gasteiger partial charge in [0.15, 0.2) is 5.17 Å². The maximum absolute atomic E-state index is 11.9. The van der Waals surface area contributed by atoms with E-state index < -0.39 is 5.37 Å². The minimum Gasteiger partial charge on any atom is -0.487 e. The second kappa shape index (κ2) is 8.67. The number of benzene rings is 2. The van der Waals surface area contributed by atoms with Gasteiger partial charge in [0.05, 0.1) is 5.02 Å². The summed E-state index contributed by atoms with van der Waals surface area (Å²) >= 11 is 7.69. The first kappa shape index (κ1) is 20.2. The second-order valence-electron chi connectivity index (χ2n) is 6.39. The van der Waals surface area contributed by atoms with Crippen LogP contribution in [0.4, 0.5) is 0 Å². The lowest BCUT2D eigenvalue weighted by Gasteiger charge is -2.20. The molecule has 0 aliphatic carbocycles. The number of nitrogens with zero attached hydrogens (tertiary/aromatic N) is 2. The molecule has 1 N–H and O–H groups in total. The fourth-order valence-electron chi connectivity index (χ4n) is 2.73. The maximum atomic E-state index is 11.9. The summed E-state index contributed by atoms with van der Waals surface area (Å²) in [7, 11) is 0. The van der Waals surface area contributed by atoms with Crippen molar-refractivity contribution in [3.63, 3.8) is 0 Å². The molecule has 1 unspecified atom stereocenters. The van der Waals surface area contributed by atoms with Crippen LogP contribution >= 0.6 is 23.4 Å². The highest BCUT2D eigenvalue weighted by Crippen LogP contribution is 2.41. The highest BCUT2D eigenvalue weighted by Gasteiger charge is 2.32. The van der Waals surface area contributed by atoms with Crippen molar-refractivity contribution in [2.45, 2.75) is 32.8 Å². The van der Waals surface area contributed by atoms with Gasteiger partial charge in [0.1, 0.15) is 17.7 Å². The Morgan fingerprint density at radius 1 is 1.25 bits per heavy atom. The summed E-state index contributed by atoms with van der Waals surface area (Å²) in [6.45, 7) is 5.26. The first-order chi connectivity index (χ1) is 13.3. The fourth-order valence-corrected chi connectivity index (χ4v) is 4.10. The third-order valence-corrected chi connectivity index (χ3v) is 5.36. The number of carbonyl (C=O) groups excluding carboxylic acids is 2. The number of ether oxygens (including phenoxy) is 1. The standard InChI is InChI=1S/C20H20ClN3O3S/c1-12-5-4-6-15(9-12)11-27-18-8-7-16(10-17(18)21)19-24(14(3)26)23-20(28-19)22-13(2)25/h4-10,19H,11H2,1-3H3,(H,22,23,25). The molecule has 0 bridgehead atoms. The van der Waals surface area contributed by atoms with Crippen molar-refractivity contribution in [3.05, 3.63) is 64.2 Å². The summed E-state index contributed by atoms with van der Waals surface area (Å²) in [6.07, 6.45) is 0. The lowest BCUT2D eigenvalue weighted by Crippen LogP contribution is -2.25. The van der Waals surface area contributed by atoms with Crippen LogP contribution in [-0.4, -0.2) is 22.0 Å². The van der Waals surface area contributed by atoms with Gasteiger partial charge >= 0.3 is 0 Å². The van der Waals surface area contributed by atoms with Crippen LogP contribution in [-0.2, 0) is 16.2 Å². The number of amides is 2. The monoisotopic (exact) mass is 417 g/mol. The Morgan fingerprint density at radius 2 is 2.04 bits per heavy atom. The van der Waals surface area contributed by atoms with E-state index in [4.69, 9.17) is 16.3 Å². The quantitative estimate of drug-likeness (QED) is 0.808. The zero-order chi connectivity index (χ0) is 20.3. The molecule has 1 aliphatic rings. The van der Waals surface area contributed by atoms with E-state index in [-0.39, 0.29) is 11.8 Å². The molecule has 6 nitrogen and oxygen atoms in total. The molecule has 0 saturated carbocycles. The normalized spacial score (nSPS) is 15.9. The van der Waals surface area contributed by atoms with E-state index in [9.17, 15) is 9.59 Å². The van der Waals surface area contributed by atoms with Crippen molar-refractivity contribution in [1.29, 1.82) is 0 Å². The molecule has 28 heavy (non-hydrogen) atoms. The Bertz CT molecular complexity index is 948. The number of thioether (sulfide) groups is 1. The predicted octanol–water partition coefficient (Wildman–Crippen LogP) is 4.23. The summed E-state index contributed by atoms with van der Waals surface area (Å²) in [6, 6.07) is 13.5. The van der Waals surface area contributed by atoms with Gasteiger partial charge in [0.25, 0.3) is 0 Å². The Kier molecular flexibility index (Phi) is 6.26. The van der Waals surface area contributed by atoms with Crippen LogP contribution in [0.5, 0.6) is 5.75 Å². The van der Waals surface area contributed by atoms with Crippen molar-refractivity contribution in [3.8, 4) is 5.75 Å². The molecule has 2 aromatic carbocycles. The molecule has 0 saturated heterocycles. The highest BCUT2D eigenvalue weighted by molar-refractivity contribution is 8.14. The summed E-state index contributed by atoms with van der Waals surface area (Å²) in [5, 5.41) is 8.55. The third kappa shape index (κ3) is 4.85. The van der Waals surface area contributed by atoms with Crippen LogP contribution in [0.3, 0.4) is 0 Å². The summed E-state index contributed by atoms with van der Waals surface area (Å²) in [4.78, 5) is 23.2. The number of nitrogens with one attached hydrogen (secondary N) is 1. The molecule has 146 valence electrons. The molecular weight excluding hydrogens is 398 g/mol. The van der Waals surface area contributed by atoms with Gasteiger partial charge in [-0.3, -0.25) is 9.59 Å². The van der Waals surface area contributed by atoms with E-state index >= 15 is 0 Å². The minimum atomic E-state index is -0.400. The topological polar surface area (TPSA) is 71.0 Å². The second-order valence-corrected chi connectivity index (χ2v) is 7.86.